The maximum Gasteiger partial charge on any atom is 0.184 e. The van der Waals surface area contributed by atoms with Crippen molar-refractivity contribution in [2.45, 2.75) is 45.2 Å². The Morgan fingerprint density at radius 3 is 2.05 bits per heavy atom. The molecule has 1 aromatic rings. The summed E-state index contributed by atoms with van der Waals surface area (Å²) in [7, 11) is -1.11. The molecule has 1 nitrogen and oxygen atoms in total. The van der Waals surface area contributed by atoms with Crippen molar-refractivity contribution in [1.82, 2.24) is 0 Å². The fourth-order valence-corrected chi connectivity index (χ4v) is 3.96. The molecular formula is C18H28OSi. The van der Waals surface area contributed by atoms with Crippen LogP contribution in [0.1, 0.15) is 32.3 Å². The van der Waals surface area contributed by atoms with Crippen LogP contribution in [0.2, 0.25) is 12.1 Å². The summed E-state index contributed by atoms with van der Waals surface area (Å²) in [6.45, 7) is 5.22. The second kappa shape index (κ2) is 11.7. The molecule has 0 saturated heterocycles. The summed E-state index contributed by atoms with van der Waals surface area (Å²) in [5.41, 5.74) is 1.37. The van der Waals surface area contributed by atoms with Crippen LogP contribution in [-0.4, -0.2) is 15.6 Å². The Kier molecular flexibility index (Phi) is 9.89. The van der Waals surface area contributed by atoms with Crippen LogP contribution in [0.4, 0.5) is 0 Å². The van der Waals surface area contributed by atoms with Gasteiger partial charge in [0.2, 0.25) is 0 Å². The van der Waals surface area contributed by atoms with E-state index >= 15 is 0 Å². The molecule has 0 unspecified atom stereocenters. The van der Waals surface area contributed by atoms with E-state index in [0.29, 0.717) is 0 Å². The maximum absolute atomic E-state index is 6.18. The lowest BCUT2D eigenvalue weighted by Gasteiger charge is -2.13. The van der Waals surface area contributed by atoms with Gasteiger partial charge in [-0.2, -0.15) is 0 Å². The van der Waals surface area contributed by atoms with Crippen LogP contribution in [0.25, 0.3) is 0 Å². The van der Waals surface area contributed by atoms with Crippen molar-refractivity contribution in [3.8, 4) is 0 Å². The Balaban J connectivity index is 2.34. The fourth-order valence-electron chi connectivity index (χ4n) is 2.05. The molecule has 20 heavy (non-hydrogen) atoms. The smallest absolute Gasteiger partial charge is 0.184 e. The van der Waals surface area contributed by atoms with Crippen molar-refractivity contribution >= 4 is 9.04 Å². The molecule has 0 aliphatic rings. The van der Waals surface area contributed by atoms with Gasteiger partial charge in [0.1, 0.15) is 0 Å². The lowest BCUT2D eigenvalue weighted by molar-refractivity contribution is 0.326. The molecule has 0 fully saturated rings. The topological polar surface area (TPSA) is 9.23 Å². The maximum atomic E-state index is 6.18. The first kappa shape index (κ1) is 16.9. The molecule has 0 atom stereocenters. The van der Waals surface area contributed by atoms with E-state index in [1.54, 1.807) is 0 Å². The highest BCUT2D eigenvalue weighted by atomic mass is 28.3. The third-order valence-electron chi connectivity index (χ3n) is 3.19. The number of allylic oxidation sites excluding steroid dienone is 4. The van der Waals surface area contributed by atoms with Gasteiger partial charge in [0.15, 0.2) is 9.04 Å². The molecule has 0 amide bonds. The molecule has 0 radical (unpaired) electrons. The molecule has 0 aliphatic carbocycles. The van der Waals surface area contributed by atoms with Gasteiger partial charge in [-0.25, -0.2) is 0 Å². The van der Waals surface area contributed by atoms with Gasteiger partial charge in [-0.3, -0.25) is 0 Å². The van der Waals surface area contributed by atoms with Crippen molar-refractivity contribution in [2.24, 2.45) is 0 Å². The Bertz CT molecular complexity index is 368. The van der Waals surface area contributed by atoms with Gasteiger partial charge >= 0.3 is 0 Å². The number of hydrogen-bond donors (Lipinski definition) is 0. The largest absolute Gasteiger partial charge is 0.419 e. The SMILES string of the molecule is CCC=CC[SiH](CC=CCC)OCCc1ccccc1. The third kappa shape index (κ3) is 8.13. The van der Waals surface area contributed by atoms with Crippen molar-refractivity contribution in [2.75, 3.05) is 6.61 Å². The van der Waals surface area contributed by atoms with Gasteiger partial charge < -0.3 is 4.43 Å². The lowest BCUT2D eigenvalue weighted by Crippen LogP contribution is -2.17. The first-order valence-electron chi connectivity index (χ1n) is 7.82. The molecule has 0 heterocycles. The first-order chi connectivity index (χ1) is 9.86. The van der Waals surface area contributed by atoms with Gasteiger partial charge in [0, 0.05) is 6.61 Å². The zero-order valence-corrected chi connectivity index (χ0v) is 14.1. The molecule has 110 valence electrons. The minimum Gasteiger partial charge on any atom is -0.419 e. The molecule has 0 aromatic heterocycles. The van der Waals surface area contributed by atoms with E-state index < -0.39 is 9.04 Å². The Labute approximate surface area is 126 Å². The molecule has 0 aliphatic heterocycles. The van der Waals surface area contributed by atoms with Crippen molar-refractivity contribution < 1.29 is 4.43 Å². The molecule has 1 aromatic carbocycles. The van der Waals surface area contributed by atoms with Crippen LogP contribution in [0.15, 0.2) is 54.6 Å². The molecule has 0 saturated carbocycles. The normalized spacial score (nSPS) is 13.3. The summed E-state index contributed by atoms with van der Waals surface area (Å²) in [6, 6.07) is 12.9. The minimum atomic E-state index is -1.11. The summed E-state index contributed by atoms with van der Waals surface area (Å²) >= 11 is 0. The fraction of sp³-hybridized carbons (Fsp3) is 0.444. The standard InChI is InChI=1S/C18H28OSi/c1-3-5-10-16-20(17-11-6-4-2)19-15-14-18-12-8-7-9-13-18/h5-13,20H,3-4,14-17H2,1-2H3. The Morgan fingerprint density at radius 2 is 1.50 bits per heavy atom. The zero-order chi connectivity index (χ0) is 14.5. The van der Waals surface area contributed by atoms with Gasteiger partial charge in [0.25, 0.3) is 0 Å². The zero-order valence-electron chi connectivity index (χ0n) is 12.9. The number of rotatable bonds is 10. The highest BCUT2D eigenvalue weighted by molar-refractivity contribution is 6.52. The summed E-state index contributed by atoms with van der Waals surface area (Å²) in [4.78, 5) is 0. The second-order valence-corrected chi connectivity index (χ2v) is 7.48. The minimum absolute atomic E-state index is 0.862. The summed E-state index contributed by atoms with van der Waals surface area (Å²) in [5, 5.41) is 0. The van der Waals surface area contributed by atoms with Crippen LogP contribution >= 0.6 is 0 Å². The quantitative estimate of drug-likeness (QED) is 0.439. The van der Waals surface area contributed by atoms with Crippen LogP contribution < -0.4 is 0 Å². The molecule has 1 rings (SSSR count). The van der Waals surface area contributed by atoms with Gasteiger partial charge in [-0.05, 0) is 36.9 Å². The average molecular weight is 289 g/mol. The molecule has 2 heteroatoms. The van der Waals surface area contributed by atoms with E-state index in [9.17, 15) is 0 Å². The molecule has 0 spiro atoms. The number of benzene rings is 1. The summed E-state index contributed by atoms with van der Waals surface area (Å²) < 4.78 is 6.18. The molecule has 0 N–H and O–H groups in total. The third-order valence-corrected chi connectivity index (χ3v) is 5.49. The van der Waals surface area contributed by atoms with E-state index in [4.69, 9.17) is 4.43 Å². The highest BCUT2D eigenvalue weighted by Gasteiger charge is 2.08. The van der Waals surface area contributed by atoms with Crippen molar-refractivity contribution in [1.29, 1.82) is 0 Å². The Morgan fingerprint density at radius 1 is 0.900 bits per heavy atom. The van der Waals surface area contributed by atoms with Crippen LogP contribution in [0, 0.1) is 0 Å². The van der Waals surface area contributed by atoms with E-state index in [0.717, 1.165) is 38.0 Å². The Hall–Kier alpha value is -1.12. The van der Waals surface area contributed by atoms with Crippen LogP contribution in [-0.2, 0) is 10.8 Å². The summed E-state index contributed by atoms with van der Waals surface area (Å²) in [5.74, 6) is 0. The second-order valence-electron chi connectivity index (χ2n) is 4.96. The van der Waals surface area contributed by atoms with E-state index in [1.165, 1.54) is 5.56 Å². The highest BCUT2D eigenvalue weighted by Crippen LogP contribution is 2.07. The predicted molar refractivity (Wildman–Crippen MR) is 91.7 cm³/mol. The lowest BCUT2D eigenvalue weighted by atomic mass is 10.2. The molecular weight excluding hydrogens is 260 g/mol. The van der Waals surface area contributed by atoms with Crippen molar-refractivity contribution in [3.05, 3.63) is 60.2 Å². The monoisotopic (exact) mass is 288 g/mol. The average Bonchev–Trinajstić information content (AvgIpc) is 2.48. The van der Waals surface area contributed by atoms with E-state index in [2.05, 4.69) is 68.5 Å². The van der Waals surface area contributed by atoms with Crippen LogP contribution in [0.5, 0.6) is 0 Å². The van der Waals surface area contributed by atoms with E-state index in [1.807, 2.05) is 0 Å². The van der Waals surface area contributed by atoms with Gasteiger partial charge in [-0.15, -0.1) is 0 Å². The van der Waals surface area contributed by atoms with Gasteiger partial charge in [-0.1, -0.05) is 68.5 Å². The van der Waals surface area contributed by atoms with E-state index in [-0.39, 0.29) is 0 Å². The summed E-state index contributed by atoms with van der Waals surface area (Å²) in [6.07, 6.45) is 12.4. The molecule has 0 bridgehead atoms. The van der Waals surface area contributed by atoms with Gasteiger partial charge in [0.05, 0.1) is 0 Å². The number of hydrogen-bond acceptors (Lipinski definition) is 1. The van der Waals surface area contributed by atoms with Crippen molar-refractivity contribution in [3.63, 3.8) is 0 Å². The first-order valence-corrected chi connectivity index (χ1v) is 9.92. The van der Waals surface area contributed by atoms with Crippen LogP contribution in [0.3, 0.4) is 0 Å². The predicted octanol–water partition coefficient (Wildman–Crippen LogP) is 4.90.